The molecule has 16 aliphatic carbocycles. The van der Waals surface area contributed by atoms with Gasteiger partial charge in [0, 0.05) is 24.2 Å². The predicted octanol–water partition coefficient (Wildman–Crippen LogP) is 19.1. The number of ether oxygens (including phenoxy) is 7. The maximum absolute atomic E-state index is 12.7. The summed E-state index contributed by atoms with van der Waals surface area (Å²) in [4.78, 5) is 97.6. The standard InChI is InChI=1S/C20H32O2.C19H26O8.C18H30O2.C17H28O2.C15H26O2/c1-5-19(3,4)18(21)22-20(6-2)11-14-10-15(20)17-13-8-7-12(9-13)16(14)17;1-4-19(2,3)18(24)25-7-5-6-11(20)26-14-9-8-10-13(12(9)16(21)22)17(23)27-15(10)14;1-5-17(3,4)16(19)20-18(6-2)14-8-12-7-13(10-14)11-15(18)9-12;1-5-16(2,3)15(18)19-17(4)13-7-11-6-12(9-13)10-14(17)8-11;1-5-14(3,4)13(16)17-15(6-2)10-11-7-8-12(15)9-11/h12-17H,5-11H2,1-4H3;9-10,12-15H,4-8H2,1-3H3,(H,21,22);12-15H,5-11H2,1-4H3;11-14H,5-10H2,1-4H3;11-12H,5-10H2,1-4H3. The number of carboxylic acids is 1. The van der Waals surface area contributed by atoms with Gasteiger partial charge in [0.1, 0.15) is 34.6 Å². The normalized spacial score (nSPS) is 40.9. The number of rotatable bonds is 23. The largest absolute Gasteiger partial charge is 0.481 e. The van der Waals surface area contributed by atoms with Gasteiger partial charge in [-0.3, -0.25) is 38.4 Å². The molecule has 0 aromatic heterocycles. The quantitative estimate of drug-likeness (QED) is 0.0435. The molecule has 0 radical (unpaired) electrons. The molecule has 1 heterocycles. The Morgan fingerprint density at radius 2 is 0.914 bits per heavy atom. The van der Waals surface area contributed by atoms with Crippen LogP contribution in [0.5, 0.6) is 0 Å². The van der Waals surface area contributed by atoms with Gasteiger partial charge < -0.3 is 38.3 Å². The maximum Gasteiger partial charge on any atom is 0.312 e. The molecule has 16 unspecified atom stereocenters. The molecule has 16 atom stereocenters. The molecular formula is C89H142O16. The van der Waals surface area contributed by atoms with E-state index < -0.39 is 47.4 Å². The number of aliphatic carboxylic acids is 1. The Morgan fingerprint density at radius 1 is 0.457 bits per heavy atom. The minimum atomic E-state index is -1.05. The minimum Gasteiger partial charge on any atom is -0.481 e. The van der Waals surface area contributed by atoms with E-state index >= 15 is 0 Å². The molecular weight excluding hydrogens is 1320 g/mol. The fraction of sp³-hybridized carbons (Fsp3) is 0.910. The summed E-state index contributed by atoms with van der Waals surface area (Å²) in [5.41, 5.74) is -2.44. The average molecular weight is 1470 g/mol. The Bertz CT molecular complexity index is 3120. The third-order valence-electron chi connectivity index (χ3n) is 33.1. The summed E-state index contributed by atoms with van der Waals surface area (Å²) in [5.74, 6) is 8.76. The van der Waals surface area contributed by atoms with Crippen molar-refractivity contribution >= 4 is 47.8 Å². The van der Waals surface area contributed by atoms with Gasteiger partial charge >= 0.3 is 47.8 Å². The molecule has 1 N–H and O–H groups in total. The van der Waals surface area contributed by atoms with E-state index in [4.69, 9.17) is 33.2 Å². The van der Waals surface area contributed by atoms with E-state index in [0.717, 1.165) is 117 Å². The van der Waals surface area contributed by atoms with Crippen molar-refractivity contribution in [3.8, 4) is 0 Å². The highest BCUT2D eigenvalue weighted by molar-refractivity contribution is 5.86. The Morgan fingerprint density at radius 3 is 1.37 bits per heavy atom. The van der Waals surface area contributed by atoms with Crippen LogP contribution in [-0.2, 0) is 71.5 Å². The summed E-state index contributed by atoms with van der Waals surface area (Å²) in [6, 6.07) is 0. The van der Waals surface area contributed by atoms with Crippen molar-refractivity contribution in [1.82, 2.24) is 0 Å². The predicted molar refractivity (Wildman–Crippen MR) is 402 cm³/mol. The highest BCUT2D eigenvalue weighted by Gasteiger charge is 2.71. The third kappa shape index (κ3) is 15.4. The number of hydrogen-bond acceptors (Lipinski definition) is 15. The fourth-order valence-electron chi connectivity index (χ4n) is 24.7. The smallest absolute Gasteiger partial charge is 0.312 e. The fourth-order valence-corrected chi connectivity index (χ4v) is 24.7. The van der Waals surface area contributed by atoms with Gasteiger partial charge in [0.25, 0.3) is 0 Å². The van der Waals surface area contributed by atoms with Crippen molar-refractivity contribution in [2.24, 2.45) is 145 Å². The zero-order chi connectivity index (χ0) is 76.7. The van der Waals surface area contributed by atoms with Crippen LogP contribution in [0.25, 0.3) is 0 Å². The lowest BCUT2D eigenvalue weighted by Crippen LogP contribution is -2.60. The second-order valence-electron chi connectivity index (χ2n) is 40.6. The molecule has 0 amide bonds. The highest BCUT2D eigenvalue weighted by atomic mass is 16.6. The first-order valence-electron chi connectivity index (χ1n) is 43.0. The van der Waals surface area contributed by atoms with E-state index in [1.807, 2.05) is 62.3 Å². The Balaban J connectivity index is 0.000000132. The molecule has 16 bridgehead atoms. The lowest BCUT2D eigenvalue weighted by molar-refractivity contribution is -0.218. The number of hydrogen-bond donors (Lipinski definition) is 1. The molecule has 1 aliphatic heterocycles. The molecule has 16 saturated carbocycles. The van der Waals surface area contributed by atoms with Crippen LogP contribution in [0.4, 0.5) is 0 Å². The average Bonchev–Trinajstić information content (AvgIpc) is 1.56. The molecule has 17 rings (SSSR count). The molecule has 17 fully saturated rings. The summed E-state index contributed by atoms with van der Waals surface area (Å²) in [5, 5.41) is 9.44. The van der Waals surface area contributed by atoms with Crippen LogP contribution in [0.1, 0.15) is 324 Å². The summed E-state index contributed by atoms with van der Waals surface area (Å²) >= 11 is 0. The molecule has 17 aliphatic rings. The van der Waals surface area contributed by atoms with Crippen molar-refractivity contribution in [1.29, 1.82) is 0 Å². The van der Waals surface area contributed by atoms with Crippen LogP contribution in [-0.4, -0.2) is 94.1 Å². The SMILES string of the molecule is CCC(C)(C)C(=O)OC1(C)C2CC3CC(C2)CC1C3.CCC(C)(C)C(=O)OC1(CC)C2CC3CC(C2)CC1C3.CCC(C)(C)C(=O)OC1(CC)CC2CC1C1C3CCC(C3)C21.CCC(C)(C)C(=O)OC1(CC)CC2CCC1C2.CCC(C)(C)C(=O)OCCCC(=O)OC1C2CC3C1OC(=O)C3C2C(=O)O. The zero-order valence-corrected chi connectivity index (χ0v) is 68.7. The van der Waals surface area contributed by atoms with Crippen LogP contribution in [0.2, 0.25) is 0 Å². The van der Waals surface area contributed by atoms with E-state index in [-0.39, 0.29) is 98.8 Å². The summed E-state index contributed by atoms with van der Waals surface area (Å²) in [6.45, 7) is 38.9. The second kappa shape index (κ2) is 30.8. The van der Waals surface area contributed by atoms with Gasteiger partial charge in [-0.05, 0) is 351 Å². The van der Waals surface area contributed by atoms with Gasteiger partial charge in [-0.1, -0.05) is 55.4 Å². The van der Waals surface area contributed by atoms with E-state index in [1.165, 1.54) is 109 Å². The molecule has 594 valence electrons. The van der Waals surface area contributed by atoms with Crippen molar-refractivity contribution in [2.75, 3.05) is 6.61 Å². The number of carbonyl (C=O) groups excluding carboxylic acids is 7. The van der Waals surface area contributed by atoms with Crippen LogP contribution >= 0.6 is 0 Å². The monoisotopic (exact) mass is 1470 g/mol. The minimum absolute atomic E-state index is 0.00870. The third-order valence-corrected chi connectivity index (χ3v) is 33.1. The maximum atomic E-state index is 12.7. The van der Waals surface area contributed by atoms with Crippen LogP contribution in [0, 0.1) is 145 Å². The van der Waals surface area contributed by atoms with E-state index in [9.17, 15) is 43.5 Å². The van der Waals surface area contributed by atoms with Crippen molar-refractivity contribution in [3.05, 3.63) is 0 Å². The lowest BCUT2D eigenvalue weighted by atomic mass is 9.49. The molecule has 0 aromatic rings. The Labute approximate surface area is 632 Å². The highest BCUT2D eigenvalue weighted by Crippen LogP contribution is 2.71. The Kier molecular flexibility index (Phi) is 24.0. The number of carboxylic acid groups (broad SMARTS) is 1. The second-order valence-corrected chi connectivity index (χ2v) is 40.6. The van der Waals surface area contributed by atoms with Gasteiger partial charge in [0.15, 0.2) is 0 Å². The van der Waals surface area contributed by atoms with Crippen molar-refractivity contribution in [3.63, 3.8) is 0 Å². The molecule has 105 heavy (non-hydrogen) atoms. The van der Waals surface area contributed by atoms with Crippen molar-refractivity contribution in [2.45, 2.75) is 359 Å². The number of carbonyl (C=O) groups is 8. The van der Waals surface area contributed by atoms with E-state index in [0.29, 0.717) is 54.8 Å². The van der Waals surface area contributed by atoms with E-state index in [2.05, 4.69) is 55.4 Å². The molecule has 1 saturated heterocycles. The van der Waals surface area contributed by atoms with Gasteiger partial charge in [-0.25, -0.2) is 0 Å². The first kappa shape index (κ1) is 81.7. The number of fused-ring (bicyclic) bond motifs is 12. The summed E-state index contributed by atoms with van der Waals surface area (Å²) < 4.78 is 40.7. The number of esters is 7. The van der Waals surface area contributed by atoms with Gasteiger partial charge in [-0.15, -0.1) is 0 Å². The van der Waals surface area contributed by atoms with Crippen molar-refractivity contribution < 1.29 is 76.6 Å². The lowest BCUT2D eigenvalue weighted by Gasteiger charge is -2.60. The van der Waals surface area contributed by atoms with Crippen LogP contribution in [0.15, 0.2) is 0 Å². The van der Waals surface area contributed by atoms with Crippen LogP contribution < -0.4 is 0 Å². The van der Waals surface area contributed by atoms with Gasteiger partial charge in [-0.2, -0.15) is 0 Å². The van der Waals surface area contributed by atoms with E-state index in [1.54, 1.807) is 13.8 Å². The Hall–Kier alpha value is -4.24. The summed E-state index contributed by atoms with van der Waals surface area (Å²) in [6.07, 6.45) is 31.9. The first-order valence-corrected chi connectivity index (χ1v) is 43.0. The topological polar surface area (TPSA) is 221 Å². The van der Waals surface area contributed by atoms with Crippen LogP contribution in [0.3, 0.4) is 0 Å². The molecule has 0 aromatic carbocycles. The molecule has 0 spiro atoms. The van der Waals surface area contributed by atoms with Gasteiger partial charge in [0.2, 0.25) is 0 Å². The molecule has 16 heteroatoms. The first-order chi connectivity index (χ1) is 49.3. The summed E-state index contributed by atoms with van der Waals surface area (Å²) in [7, 11) is 0. The zero-order valence-electron chi connectivity index (χ0n) is 68.7. The molecule has 16 nitrogen and oxygen atoms in total. The van der Waals surface area contributed by atoms with Gasteiger partial charge in [0.05, 0.1) is 45.5 Å².